The number of thioether (sulfide) groups is 1. The predicted octanol–water partition coefficient (Wildman–Crippen LogP) is 3.68. The van der Waals surface area contributed by atoms with E-state index in [-0.39, 0.29) is 0 Å². The lowest BCUT2D eigenvalue weighted by Gasteiger charge is -2.23. The summed E-state index contributed by atoms with van der Waals surface area (Å²) >= 11 is 2.06. The van der Waals surface area contributed by atoms with Crippen molar-refractivity contribution in [3.63, 3.8) is 0 Å². The summed E-state index contributed by atoms with van der Waals surface area (Å²) in [6.45, 7) is 7.05. The molecule has 1 aromatic rings. The SMILES string of the molecule is CCC(C)CN(C)CC1Cc2ccccc2S1. The van der Waals surface area contributed by atoms with Crippen molar-refractivity contribution < 1.29 is 0 Å². The van der Waals surface area contributed by atoms with Crippen LogP contribution in [0, 0.1) is 5.92 Å². The lowest BCUT2D eigenvalue weighted by atomic mass is 10.1. The Balaban J connectivity index is 1.83. The molecule has 2 rings (SSSR count). The normalized spacial score (nSPS) is 20.6. The second-order valence-corrected chi connectivity index (χ2v) is 6.63. The quantitative estimate of drug-likeness (QED) is 0.783. The molecule has 1 aromatic carbocycles. The number of hydrogen-bond donors (Lipinski definition) is 0. The van der Waals surface area contributed by atoms with Crippen molar-refractivity contribution in [1.29, 1.82) is 0 Å². The average Bonchev–Trinajstić information content (AvgIpc) is 2.70. The second kappa shape index (κ2) is 5.92. The van der Waals surface area contributed by atoms with Gasteiger partial charge >= 0.3 is 0 Å². The van der Waals surface area contributed by atoms with Gasteiger partial charge in [-0.05, 0) is 31.0 Å². The van der Waals surface area contributed by atoms with E-state index in [0.29, 0.717) is 0 Å². The first kappa shape index (κ1) is 13.0. The fraction of sp³-hybridized carbons (Fsp3) is 0.600. The fourth-order valence-corrected chi connectivity index (χ4v) is 3.85. The molecule has 0 fully saturated rings. The topological polar surface area (TPSA) is 3.24 Å². The van der Waals surface area contributed by atoms with Gasteiger partial charge in [-0.15, -0.1) is 11.8 Å². The Morgan fingerprint density at radius 2 is 2.18 bits per heavy atom. The van der Waals surface area contributed by atoms with Crippen LogP contribution in [-0.2, 0) is 6.42 Å². The van der Waals surface area contributed by atoms with Crippen molar-refractivity contribution in [3.8, 4) is 0 Å². The van der Waals surface area contributed by atoms with Gasteiger partial charge in [0.2, 0.25) is 0 Å². The van der Waals surface area contributed by atoms with Gasteiger partial charge in [-0.25, -0.2) is 0 Å². The monoisotopic (exact) mass is 249 g/mol. The molecule has 0 aliphatic carbocycles. The largest absolute Gasteiger partial charge is 0.305 e. The highest BCUT2D eigenvalue weighted by atomic mass is 32.2. The van der Waals surface area contributed by atoms with Gasteiger partial charge in [0.15, 0.2) is 0 Å². The molecule has 1 aliphatic heterocycles. The summed E-state index contributed by atoms with van der Waals surface area (Å²) in [4.78, 5) is 3.99. The van der Waals surface area contributed by atoms with E-state index in [1.807, 2.05) is 0 Å². The van der Waals surface area contributed by atoms with Gasteiger partial charge in [-0.2, -0.15) is 0 Å². The summed E-state index contributed by atoms with van der Waals surface area (Å²) in [7, 11) is 2.26. The van der Waals surface area contributed by atoms with Crippen molar-refractivity contribution in [3.05, 3.63) is 29.8 Å². The predicted molar refractivity (Wildman–Crippen MR) is 76.7 cm³/mol. The van der Waals surface area contributed by atoms with E-state index in [2.05, 4.69) is 61.8 Å². The maximum atomic E-state index is 2.50. The Hall–Kier alpha value is -0.470. The number of rotatable bonds is 5. The third-order valence-corrected chi connectivity index (χ3v) is 4.85. The number of nitrogens with zero attached hydrogens (tertiary/aromatic N) is 1. The molecule has 94 valence electrons. The maximum absolute atomic E-state index is 2.50. The Morgan fingerprint density at radius 3 is 2.88 bits per heavy atom. The van der Waals surface area contributed by atoms with Crippen LogP contribution in [-0.4, -0.2) is 30.3 Å². The molecule has 2 heteroatoms. The molecule has 2 atom stereocenters. The zero-order valence-corrected chi connectivity index (χ0v) is 12.0. The first-order chi connectivity index (χ1) is 8.19. The first-order valence-electron chi connectivity index (χ1n) is 6.62. The van der Waals surface area contributed by atoms with Crippen LogP contribution in [0.25, 0.3) is 0 Å². The fourth-order valence-electron chi connectivity index (χ4n) is 2.44. The van der Waals surface area contributed by atoms with Crippen LogP contribution in [0.3, 0.4) is 0 Å². The molecule has 1 heterocycles. The highest BCUT2D eigenvalue weighted by molar-refractivity contribution is 8.00. The van der Waals surface area contributed by atoms with E-state index in [0.717, 1.165) is 11.2 Å². The summed E-state index contributed by atoms with van der Waals surface area (Å²) in [5.74, 6) is 0.814. The molecule has 0 saturated heterocycles. The van der Waals surface area contributed by atoms with Crippen molar-refractivity contribution in [2.45, 2.75) is 36.8 Å². The summed E-state index contributed by atoms with van der Waals surface area (Å²) < 4.78 is 0. The summed E-state index contributed by atoms with van der Waals surface area (Å²) in [6, 6.07) is 8.84. The minimum Gasteiger partial charge on any atom is -0.305 e. The zero-order valence-electron chi connectivity index (χ0n) is 11.1. The lowest BCUT2D eigenvalue weighted by molar-refractivity contribution is 0.283. The number of hydrogen-bond acceptors (Lipinski definition) is 2. The highest BCUT2D eigenvalue weighted by Crippen LogP contribution is 2.36. The van der Waals surface area contributed by atoms with Crippen LogP contribution >= 0.6 is 11.8 Å². The number of benzene rings is 1. The standard InChI is InChI=1S/C15H23NS/c1-4-12(2)10-16(3)11-14-9-13-7-5-6-8-15(13)17-14/h5-8,12,14H,4,9-11H2,1-3H3. The van der Waals surface area contributed by atoms with Crippen LogP contribution in [0.4, 0.5) is 0 Å². The van der Waals surface area contributed by atoms with Crippen LogP contribution in [0.15, 0.2) is 29.2 Å². The van der Waals surface area contributed by atoms with E-state index >= 15 is 0 Å². The van der Waals surface area contributed by atoms with Crippen molar-refractivity contribution in [1.82, 2.24) is 4.90 Å². The smallest absolute Gasteiger partial charge is 0.0263 e. The van der Waals surface area contributed by atoms with Crippen LogP contribution in [0.1, 0.15) is 25.8 Å². The van der Waals surface area contributed by atoms with Gasteiger partial charge in [0, 0.05) is 23.2 Å². The van der Waals surface area contributed by atoms with Gasteiger partial charge in [0.05, 0.1) is 0 Å². The van der Waals surface area contributed by atoms with Gasteiger partial charge in [-0.3, -0.25) is 0 Å². The van der Waals surface area contributed by atoms with E-state index < -0.39 is 0 Å². The minimum atomic E-state index is 0.751. The molecular formula is C15H23NS. The van der Waals surface area contributed by atoms with Crippen LogP contribution in [0.2, 0.25) is 0 Å². The Morgan fingerprint density at radius 1 is 1.41 bits per heavy atom. The number of fused-ring (bicyclic) bond motifs is 1. The molecule has 1 nitrogen and oxygen atoms in total. The molecule has 0 bridgehead atoms. The van der Waals surface area contributed by atoms with Crippen LogP contribution < -0.4 is 0 Å². The third kappa shape index (κ3) is 3.49. The van der Waals surface area contributed by atoms with Gasteiger partial charge in [0.25, 0.3) is 0 Å². The summed E-state index contributed by atoms with van der Waals surface area (Å²) in [5.41, 5.74) is 1.54. The lowest BCUT2D eigenvalue weighted by Crippen LogP contribution is -2.30. The molecule has 0 amide bonds. The Kier molecular flexibility index (Phi) is 4.52. The molecule has 0 N–H and O–H groups in total. The Labute approximate surface area is 110 Å². The third-order valence-electron chi connectivity index (χ3n) is 3.55. The molecule has 0 radical (unpaired) electrons. The van der Waals surface area contributed by atoms with E-state index in [1.165, 1.54) is 30.8 Å². The summed E-state index contributed by atoms with van der Waals surface area (Å²) in [6.07, 6.45) is 2.52. The minimum absolute atomic E-state index is 0.751. The first-order valence-corrected chi connectivity index (χ1v) is 7.50. The zero-order chi connectivity index (χ0) is 12.3. The molecule has 17 heavy (non-hydrogen) atoms. The molecule has 0 aromatic heterocycles. The maximum Gasteiger partial charge on any atom is 0.0263 e. The molecule has 0 saturated carbocycles. The van der Waals surface area contributed by atoms with E-state index in [9.17, 15) is 0 Å². The molecular weight excluding hydrogens is 226 g/mol. The van der Waals surface area contributed by atoms with Crippen molar-refractivity contribution >= 4 is 11.8 Å². The van der Waals surface area contributed by atoms with Crippen LogP contribution in [0.5, 0.6) is 0 Å². The molecule has 2 unspecified atom stereocenters. The molecule has 0 spiro atoms. The van der Waals surface area contributed by atoms with Gasteiger partial charge in [-0.1, -0.05) is 38.5 Å². The second-order valence-electron chi connectivity index (χ2n) is 5.29. The van der Waals surface area contributed by atoms with Crippen molar-refractivity contribution in [2.75, 3.05) is 20.1 Å². The van der Waals surface area contributed by atoms with Gasteiger partial charge in [0.1, 0.15) is 0 Å². The van der Waals surface area contributed by atoms with Gasteiger partial charge < -0.3 is 4.90 Å². The average molecular weight is 249 g/mol. The molecule has 1 aliphatic rings. The summed E-state index contributed by atoms with van der Waals surface area (Å²) in [5, 5.41) is 0.751. The Bertz CT molecular complexity index is 339. The van der Waals surface area contributed by atoms with Crippen molar-refractivity contribution in [2.24, 2.45) is 5.92 Å². The highest BCUT2D eigenvalue weighted by Gasteiger charge is 2.22. The van der Waals surface area contributed by atoms with E-state index in [4.69, 9.17) is 0 Å². The van der Waals surface area contributed by atoms with E-state index in [1.54, 1.807) is 5.56 Å².